The largest absolute Gasteiger partial charge is 0.311 e. The van der Waals surface area contributed by atoms with Crippen LogP contribution in [0.1, 0.15) is 27.9 Å². The van der Waals surface area contributed by atoms with Crippen LogP contribution < -0.4 is 5.56 Å². The highest BCUT2D eigenvalue weighted by Crippen LogP contribution is 2.28. The fourth-order valence-corrected chi connectivity index (χ4v) is 4.02. The second-order valence-corrected chi connectivity index (χ2v) is 7.88. The molecule has 0 amide bonds. The second kappa shape index (κ2) is 7.96. The maximum absolute atomic E-state index is 13.5. The van der Waals surface area contributed by atoms with E-state index in [0.717, 1.165) is 45.3 Å². The molecule has 0 spiro atoms. The molecular weight excluding hydrogens is 408 g/mol. The highest BCUT2D eigenvalue weighted by Gasteiger charge is 2.18. The SMILES string of the molecule is Cc1cc(C2=NCc3ccc(-c4ccn(Cc5cc(F)cc(F)c5)c(=O)c4)cc32)ccn1. The van der Waals surface area contributed by atoms with Crippen molar-refractivity contribution in [3.63, 3.8) is 0 Å². The van der Waals surface area contributed by atoms with Crippen molar-refractivity contribution in [2.24, 2.45) is 4.99 Å². The minimum Gasteiger partial charge on any atom is -0.311 e. The molecule has 0 saturated heterocycles. The van der Waals surface area contributed by atoms with Crippen molar-refractivity contribution >= 4 is 5.71 Å². The van der Waals surface area contributed by atoms with Crippen LogP contribution >= 0.6 is 0 Å². The number of aromatic nitrogens is 2. The molecule has 1 aliphatic heterocycles. The number of aliphatic imine (C=N–C) groups is 1. The van der Waals surface area contributed by atoms with Crippen LogP contribution in [0.2, 0.25) is 0 Å². The first-order valence-corrected chi connectivity index (χ1v) is 10.2. The van der Waals surface area contributed by atoms with E-state index in [0.29, 0.717) is 12.1 Å². The van der Waals surface area contributed by atoms with Crippen molar-refractivity contribution in [1.29, 1.82) is 0 Å². The molecule has 32 heavy (non-hydrogen) atoms. The molecule has 0 radical (unpaired) electrons. The van der Waals surface area contributed by atoms with Crippen LogP contribution in [0.4, 0.5) is 8.78 Å². The van der Waals surface area contributed by atoms with Crippen LogP contribution in [0.15, 0.2) is 82.8 Å². The summed E-state index contributed by atoms with van der Waals surface area (Å²) in [4.78, 5) is 21.6. The molecule has 0 aliphatic carbocycles. The van der Waals surface area contributed by atoms with Crippen molar-refractivity contribution in [2.75, 3.05) is 0 Å². The van der Waals surface area contributed by atoms with Gasteiger partial charge in [0.25, 0.3) is 5.56 Å². The van der Waals surface area contributed by atoms with E-state index in [9.17, 15) is 13.6 Å². The summed E-state index contributed by atoms with van der Waals surface area (Å²) in [7, 11) is 0. The van der Waals surface area contributed by atoms with Gasteiger partial charge in [0.1, 0.15) is 11.6 Å². The van der Waals surface area contributed by atoms with Crippen molar-refractivity contribution in [1.82, 2.24) is 9.55 Å². The Bertz CT molecular complexity index is 1420. The summed E-state index contributed by atoms with van der Waals surface area (Å²) in [5, 5.41) is 0. The average molecular weight is 427 g/mol. The van der Waals surface area contributed by atoms with Crippen LogP contribution in [0, 0.1) is 18.6 Å². The third-order valence-electron chi connectivity index (χ3n) is 5.55. The molecule has 4 nitrogen and oxygen atoms in total. The maximum atomic E-state index is 13.5. The van der Waals surface area contributed by atoms with Gasteiger partial charge in [-0.15, -0.1) is 0 Å². The van der Waals surface area contributed by atoms with Crippen LogP contribution in [-0.4, -0.2) is 15.3 Å². The smallest absolute Gasteiger partial charge is 0.251 e. The van der Waals surface area contributed by atoms with Crippen LogP contribution in [0.5, 0.6) is 0 Å². The highest BCUT2D eigenvalue weighted by molar-refractivity contribution is 6.15. The molecule has 0 bridgehead atoms. The summed E-state index contributed by atoms with van der Waals surface area (Å²) in [5.41, 5.74) is 6.89. The van der Waals surface area contributed by atoms with Gasteiger partial charge in [0.15, 0.2) is 0 Å². The monoisotopic (exact) mass is 427 g/mol. The summed E-state index contributed by atoms with van der Waals surface area (Å²) in [6.45, 7) is 2.66. The molecule has 0 saturated carbocycles. The normalized spacial score (nSPS) is 12.5. The van der Waals surface area contributed by atoms with E-state index < -0.39 is 11.6 Å². The number of rotatable bonds is 4. The Hall–Kier alpha value is -3.93. The number of hydrogen-bond donors (Lipinski definition) is 0. The summed E-state index contributed by atoms with van der Waals surface area (Å²) < 4.78 is 28.4. The number of pyridine rings is 2. The van der Waals surface area contributed by atoms with Gasteiger partial charge in [-0.05, 0) is 65.6 Å². The van der Waals surface area contributed by atoms with Gasteiger partial charge in [0.2, 0.25) is 0 Å². The first-order chi connectivity index (χ1) is 15.5. The van der Waals surface area contributed by atoms with Gasteiger partial charge in [0, 0.05) is 41.3 Å². The number of halogens is 2. The van der Waals surface area contributed by atoms with Crippen LogP contribution in [0.3, 0.4) is 0 Å². The molecule has 0 fully saturated rings. The van der Waals surface area contributed by atoms with E-state index in [2.05, 4.69) is 11.1 Å². The predicted octanol–water partition coefficient (Wildman–Crippen LogP) is 4.90. The van der Waals surface area contributed by atoms with E-state index in [-0.39, 0.29) is 12.1 Å². The number of hydrogen-bond acceptors (Lipinski definition) is 3. The molecule has 0 atom stereocenters. The Morgan fingerprint density at radius 1 is 0.906 bits per heavy atom. The van der Waals surface area contributed by atoms with Crippen LogP contribution in [0.25, 0.3) is 11.1 Å². The fourth-order valence-electron chi connectivity index (χ4n) is 4.02. The van der Waals surface area contributed by atoms with Gasteiger partial charge in [-0.1, -0.05) is 12.1 Å². The Balaban J connectivity index is 1.46. The molecule has 1 aliphatic rings. The van der Waals surface area contributed by atoms with Gasteiger partial charge >= 0.3 is 0 Å². The van der Waals surface area contributed by atoms with E-state index in [1.165, 1.54) is 16.7 Å². The average Bonchev–Trinajstić information content (AvgIpc) is 3.18. The summed E-state index contributed by atoms with van der Waals surface area (Å²) in [5.74, 6) is -1.32. The standard InChI is InChI=1S/C26H19F2N3O/c1-16-8-20(4-6-29-16)26-24-11-18(2-3-21(24)14-30-26)19-5-7-31(25(32)12-19)15-17-9-22(27)13-23(28)10-17/h2-13H,14-15H2,1H3. The molecule has 158 valence electrons. The maximum Gasteiger partial charge on any atom is 0.251 e. The van der Waals surface area contributed by atoms with Crippen molar-refractivity contribution in [2.45, 2.75) is 20.0 Å². The Labute approximate surface area is 183 Å². The number of fused-ring (bicyclic) bond motifs is 1. The molecule has 0 N–H and O–H groups in total. The molecule has 2 aromatic heterocycles. The molecular formula is C26H19F2N3O. The fraction of sp³-hybridized carbons (Fsp3) is 0.115. The van der Waals surface area contributed by atoms with E-state index in [1.54, 1.807) is 18.5 Å². The summed E-state index contributed by atoms with van der Waals surface area (Å²) in [6, 6.07) is 16.7. The lowest BCUT2D eigenvalue weighted by molar-refractivity contribution is 0.577. The quantitative estimate of drug-likeness (QED) is 0.465. The molecule has 3 heterocycles. The van der Waals surface area contributed by atoms with Gasteiger partial charge in [-0.3, -0.25) is 14.8 Å². The summed E-state index contributed by atoms with van der Waals surface area (Å²) >= 11 is 0. The zero-order chi connectivity index (χ0) is 22.2. The van der Waals surface area contributed by atoms with Crippen LogP contribution in [-0.2, 0) is 13.1 Å². The van der Waals surface area contributed by atoms with E-state index in [4.69, 9.17) is 4.99 Å². The lowest BCUT2D eigenvalue weighted by Gasteiger charge is -2.10. The number of nitrogens with zero attached hydrogens (tertiary/aromatic N) is 3. The van der Waals surface area contributed by atoms with Crippen molar-refractivity contribution in [3.8, 4) is 11.1 Å². The molecule has 2 aromatic carbocycles. The van der Waals surface area contributed by atoms with Gasteiger partial charge in [-0.2, -0.15) is 0 Å². The van der Waals surface area contributed by atoms with Crippen molar-refractivity contribution in [3.05, 3.63) is 123 Å². The molecule has 6 heteroatoms. The Kier molecular flexibility index (Phi) is 4.98. The minimum absolute atomic E-state index is 0.0934. The van der Waals surface area contributed by atoms with Gasteiger partial charge < -0.3 is 4.57 Å². The summed E-state index contributed by atoms with van der Waals surface area (Å²) in [6.07, 6.45) is 3.42. The minimum atomic E-state index is -0.662. The molecule has 0 unspecified atom stereocenters. The molecule has 5 rings (SSSR count). The van der Waals surface area contributed by atoms with Gasteiger partial charge in [0.05, 0.1) is 18.8 Å². The first kappa shape index (κ1) is 20.0. The second-order valence-electron chi connectivity index (χ2n) is 7.88. The van der Waals surface area contributed by atoms with Gasteiger partial charge in [-0.25, -0.2) is 8.78 Å². The van der Waals surface area contributed by atoms with Crippen molar-refractivity contribution < 1.29 is 8.78 Å². The first-order valence-electron chi connectivity index (χ1n) is 10.2. The Morgan fingerprint density at radius 2 is 1.69 bits per heavy atom. The van der Waals surface area contributed by atoms with E-state index >= 15 is 0 Å². The highest BCUT2D eigenvalue weighted by atomic mass is 19.1. The third kappa shape index (κ3) is 3.87. The third-order valence-corrected chi connectivity index (χ3v) is 5.55. The lowest BCUT2D eigenvalue weighted by atomic mass is 9.96. The lowest BCUT2D eigenvalue weighted by Crippen LogP contribution is -2.19. The predicted molar refractivity (Wildman–Crippen MR) is 120 cm³/mol. The van der Waals surface area contributed by atoms with E-state index in [1.807, 2.05) is 37.3 Å². The topological polar surface area (TPSA) is 47.2 Å². The number of aryl methyl sites for hydroxylation is 1. The zero-order valence-electron chi connectivity index (χ0n) is 17.3. The molecule has 4 aromatic rings. The Morgan fingerprint density at radius 3 is 2.44 bits per heavy atom. The number of benzene rings is 2. The zero-order valence-corrected chi connectivity index (χ0v) is 17.3.